The first-order chi connectivity index (χ1) is 9.12. The third-order valence-corrected chi connectivity index (χ3v) is 2.66. The zero-order chi connectivity index (χ0) is 15.5. The maximum Gasteiger partial charge on any atom is 0.416 e. The number of nitrogens with two attached hydrogens (primary N) is 1. The van der Waals surface area contributed by atoms with E-state index in [4.69, 9.17) is 10.8 Å². The summed E-state index contributed by atoms with van der Waals surface area (Å²) in [6.07, 6.45) is -4.79. The predicted molar refractivity (Wildman–Crippen MR) is 65.5 cm³/mol. The number of carboxylic acid groups (broad SMARTS) is 1. The SMILES string of the molecule is CN(CCC(=O)O)c1ccc(C(F)(F)F)cc1C(N)=O. The molecule has 1 amide bonds. The Bertz CT molecular complexity index is 529. The van der Waals surface area contributed by atoms with Crippen LogP contribution in [-0.2, 0) is 11.0 Å². The number of alkyl halides is 3. The summed E-state index contributed by atoms with van der Waals surface area (Å²) in [6, 6.07) is 2.58. The van der Waals surface area contributed by atoms with E-state index in [-0.39, 0.29) is 24.2 Å². The van der Waals surface area contributed by atoms with E-state index in [9.17, 15) is 22.8 Å². The molecule has 0 spiro atoms. The van der Waals surface area contributed by atoms with Crippen LogP contribution in [0.3, 0.4) is 0 Å². The molecule has 8 heteroatoms. The monoisotopic (exact) mass is 290 g/mol. The summed E-state index contributed by atoms with van der Waals surface area (Å²) in [4.78, 5) is 23.1. The summed E-state index contributed by atoms with van der Waals surface area (Å²) >= 11 is 0. The smallest absolute Gasteiger partial charge is 0.416 e. The van der Waals surface area contributed by atoms with Crippen LogP contribution >= 0.6 is 0 Å². The molecule has 3 N–H and O–H groups in total. The van der Waals surface area contributed by atoms with E-state index in [0.29, 0.717) is 6.07 Å². The lowest BCUT2D eigenvalue weighted by atomic mass is 10.1. The van der Waals surface area contributed by atoms with Crippen LogP contribution in [0.15, 0.2) is 18.2 Å². The first kappa shape index (κ1) is 15.8. The van der Waals surface area contributed by atoms with E-state index in [1.165, 1.54) is 11.9 Å². The number of amides is 1. The predicted octanol–water partition coefficient (Wildman–Crippen LogP) is 1.72. The van der Waals surface area contributed by atoms with Crippen LogP contribution < -0.4 is 10.6 Å². The summed E-state index contributed by atoms with van der Waals surface area (Å²) in [7, 11) is 1.47. The summed E-state index contributed by atoms with van der Waals surface area (Å²) < 4.78 is 37.7. The molecule has 0 aliphatic carbocycles. The van der Waals surface area contributed by atoms with E-state index in [2.05, 4.69) is 0 Å². The molecular weight excluding hydrogens is 277 g/mol. The molecule has 1 aromatic rings. The highest BCUT2D eigenvalue weighted by atomic mass is 19.4. The van der Waals surface area contributed by atoms with Crippen LogP contribution in [0.25, 0.3) is 0 Å². The van der Waals surface area contributed by atoms with Crippen molar-refractivity contribution in [3.05, 3.63) is 29.3 Å². The van der Waals surface area contributed by atoms with Gasteiger partial charge in [0.25, 0.3) is 5.91 Å². The highest BCUT2D eigenvalue weighted by Crippen LogP contribution is 2.32. The van der Waals surface area contributed by atoms with Crippen LogP contribution in [0, 0.1) is 0 Å². The fraction of sp³-hybridized carbons (Fsp3) is 0.333. The molecule has 0 atom stereocenters. The molecule has 0 unspecified atom stereocenters. The van der Waals surface area contributed by atoms with Crippen LogP contribution in [-0.4, -0.2) is 30.6 Å². The Kier molecular flexibility index (Phi) is 4.59. The molecule has 0 bridgehead atoms. The molecule has 0 heterocycles. The summed E-state index contributed by atoms with van der Waals surface area (Å²) in [6.45, 7) is 0.0426. The molecule has 5 nitrogen and oxygen atoms in total. The Morgan fingerprint density at radius 2 is 1.95 bits per heavy atom. The Balaban J connectivity index is 3.13. The second kappa shape index (κ2) is 5.81. The van der Waals surface area contributed by atoms with Crippen molar-refractivity contribution in [2.45, 2.75) is 12.6 Å². The average Bonchev–Trinajstić information content (AvgIpc) is 2.33. The van der Waals surface area contributed by atoms with Gasteiger partial charge in [0.1, 0.15) is 0 Å². The zero-order valence-electron chi connectivity index (χ0n) is 10.6. The molecule has 0 fully saturated rings. The first-order valence-electron chi connectivity index (χ1n) is 5.57. The number of carboxylic acids is 1. The average molecular weight is 290 g/mol. The molecule has 0 aliphatic rings. The second-order valence-corrected chi connectivity index (χ2v) is 4.16. The molecule has 1 rings (SSSR count). The molecule has 110 valence electrons. The molecule has 0 aliphatic heterocycles. The van der Waals surface area contributed by atoms with E-state index in [1.54, 1.807) is 0 Å². The van der Waals surface area contributed by atoms with Gasteiger partial charge in [0.05, 0.1) is 17.5 Å². The summed E-state index contributed by atoms with van der Waals surface area (Å²) in [5.41, 5.74) is 3.95. The van der Waals surface area contributed by atoms with Gasteiger partial charge in [-0.2, -0.15) is 13.2 Å². The molecule has 0 radical (unpaired) electrons. The van der Waals surface area contributed by atoms with Crippen molar-refractivity contribution in [2.75, 3.05) is 18.5 Å². The van der Waals surface area contributed by atoms with Crippen molar-refractivity contribution in [3.63, 3.8) is 0 Å². The number of nitrogens with zero attached hydrogens (tertiary/aromatic N) is 1. The second-order valence-electron chi connectivity index (χ2n) is 4.16. The van der Waals surface area contributed by atoms with Crippen molar-refractivity contribution in [1.29, 1.82) is 0 Å². The van der Waals surface area contributed by atoms with Crippen molar-refractivity contribution in [1.82, 2.24) is 0 Å². The van der Waals surface area contributed by atoms with E-state index in [0.717, 1.165) is 12.1 Å². The minimum atomic E-state index is -4.58. The maximum atomic E-state index is 12.6. The fourth-order valence-corrected chi connectivity index (χ4v) is 1.63. The number of anilines is 1. The van der Waals surface area contributed by atoms with E-state index < -0.39 is 23.6 Å². The van der Waals surface area contributed by atoms with Crippen LogP contribution in [0.4, 0.5) is 18.9 Å². The van der Waals surface area contributed by atoms with Crippen molar-refractivity contribution in [3.8, 4) is 0 Å². The lowest BCUT2D eigenvalue weighted by Crippen LogP contribution is -2.25. The van der Waals surface area contributed by atoms with Crippen LogP contribution in [0.1, 0.15) is 22.3 Å². The molecule has 20 heavy (non-hydrogen) atoms. The quantitative estimate of drug-likeness (QED) is 0.864. The number of halogens is 3. The number of benzene rings is 1. The standard InChI is InChI=1S/C12H13F3N2O3/c1-17(5-4-10(18)19)9-3-2-7(12(13,14)15)6-8(9)11(16)20/h2-3,6H,4-5H2,1H3,(H2,16,20)(H,18,19). The van der Waals surface area contributed by atoms with Gasteiger partial charge in [-0.25, -0.2) is 0 Å². The number of primary amides is 1. The number of hydrogen-bond donors (Lipinski definition) is 2. The number of carbonyl (C=O) groups excluding carboxylic acids is 1. The van der Waals surface area contributed by atoms with Gasteiger partial charge in [0, 0.05) is 19.3 Å². The number of hydrogen-bond acceptors (Lipinski definition) is 3. The number of aliphatic carboxylic acids is 1. The van der Waals surface area contributed by atoms with Gasteiger partial charge < -0.3 is 15.7 Å². The van der Waals surface area contributed by atoms with Gasteiger partial charge >= 0.3 is 12.1 Å². The topological polar surface area (TPSA) is 83.6 Å². The Hall–Kier alpha value is -2.25. The van der Waals surface area contributed by atoms with Crippen LogP contribution in [0.5, 0.6) is 0 Å². The van der Waals surface area contributed by atoms with Gasteiger partial charge in [-0.3, -0.25) is 9.59 Å². The first-order valence-corrected chi connectivity index (χ1v) is 5.57. The minimum Gasteiger partial charge on any atom is -0.481 e. The Morgan fingerprint density at radius 3 is 2.40 bits per heavy atom. The van der Waals surface area contributed by atoms with E-state index >= 15 is 0 Å². The Labute approximate surface area is 112 Å². The molecular formula is C12H13F3N2O3. The molecule has 0 aromatic heterocycles. The Morgan fingerprint density at radius 1 is 1.35 bits per heavy atom. The maximum absolute atomic E-state index is 12.6. The van der Waals surface area contributed by atoms with Crippen molar-refractivity contribution in [2.24, 2.45) is 5.73 Å². The number of carbonyl (C=O) groups is 2. The minimum absolute atomic E-state index is 0.0426. The number of rotatable bonds is 5. The van der Waals surface area contributed by atoms with Crippen molar-refractivity contribution >= 4 is 17.6 Å². The largest absolute Gasteiger partial charge is 0.481 e. The van der Waals surface area contributed by atoms with Gasteiger partial charge in [-0.05, 0) is 18.2 Å². The lowest BCUT2D eigenvalue weighted by molar-refractivity contribution is -0.138. The third-order valence-electron chi connectivity index (χ3n) is 2.66. The van der Waals surface area contributed by atoms with Gasteiger partial charge in [-0.15, -0.1) is 0 Å². The zero-order valence-corrected chi connectivity index (χ0v) is 10.6. The third kappa shape index (κ3) is 3.87. The molecule has 1 aromatic carbocycles. The summed E-state index contributed by atoms with van der Waals surface area (Å²) in [5.74, 6) is -2.06. The van der Waals surface area contributed by atoms with Gasteiger partial charge in [-0.1, -0.05) is 0 Å². The van der Waals surface area contributed by atoms with E-state index in [1.807, 2.05) is 0 Å². The van der Waals surface area contributed by atoms with Crippen LogP contribution in [0.2, 0.25) is 0 Å². The highest BCUT2D eigenvalue weighted by Gasteiger charge is 2.31. The normalized spacial score (nSPS) is 11.2. The van der Waals surface area contributed by atoms with Crippen molar-refractivity contribution < 1.29 is 27.9 Å². The molecule has 0 saturated heterocycles. The van der Waals surface area contributed by atoms with Gasteiger partial charge in [0.2, 0.25) is 0 Å². The highest BCUT2D eigenvalue weighted by molar-refractivity contribution is 5.99. The summed E-state index contributed by atoms with van der Waals surface area (Å²) in [5, 5.41) is 8.57. The fourth-order valence-electron chi connectivity index (χ4n) is 1.63. The lowest BCUT2D eigenvalue weighted by Gasteiger charge is -2.21. The molecule has 0 saturated carbocycles. The van der Waals surface area contributed by atoms with Gasteiger partial charge in [0.15, 0.2) is 0 Å².